The molecule has 0 radical (unpaired) electrons. The molecule has 1 amide bonds. The van der Waals surface area contributed by atoms with Gasteiger partial charge in [0.15, 0.2) is 5.82 Å². The van der Waals surface area contributed by atoms with Crippen LogP contribution in [-0.4, -0.2) is 27.5 Å². The molecule has 2 rings (SSSR count). The van der Waals surface area contributed by atoms with Gasteiger partial charge in [-0.15, -0.1) is 0 Å². The van der Waals surface area contributed by atoms with Crippen LogP contribution in [0.3, 0.4) is 0 Å². The maximum Gasteiger partial charge on any atom is 0.305 e. The highest BCUT2D eigenvalue weighted by Crippen LogP contribution is 2.31. The van der Waals surface area contributed by atoms with Crippen LogP contribution in [0.2, 0.25) is 0 Å². The number of carboxylic acids is 1. The van der Waals surface area contributed by atoms with E-state index in [1.54, 1.807) is 0 Å². The third-order valence-corrected chi connectivity index (χ3v) is 3.77. The molecule has 1 fully saturated rings. The number of pyridine rings is 1. The van der Waals surface area contributed by atoms with E-state index in [2.05, 4.69) is 10.3 Å². The van der Waals surface area contributed by atoms with Crippen LogP contribution in [0.15, 0.2) is 12.3 Å². The number of carbonyl (C=O) groups excluding carboxylic acids is 1. The predicted molar refractivity (Wildman–Crippen MR) is 69.7 cm³/mol. The summed E-state index contributed by atoms with van der Waals surface area (Å²) < 4.78 is 26.6. The van der Waals surface area contributed by atoms with Gasteiger partial charge in [0.1, 0.15) is 0 Å². The number of aliphatic carboxylic acids is 1. The van der Waals surface area contributed by atoms with Crippen molar-refractivity contribution >= 4 is 11.9 Å². The lowest BCUT2D eigenvalue weighted by Crippen LogP contribution is -2.51. The molecule has 0 atom stereocenters. The number of hydrogen-bond acceptors (Lipinski definition) is 3. The van der Waals surface area contributed by atoms with Gasteiger partial charge in [0.2, 0.25) is 5.95 Å². The van der Waals surface area contributed by atoms with Crippen molar-refractivity contribution in [1.82, 2.24) is 10.3 Å². The van der Waals surface area contributed by atoms with E-state index < -0.39 is 34.7 Å². The summed E-state index contributed by atoms with van der Waals surface area (Å²) in [6.45, 7) is 0. The molecule has 1 aliphatic rings. The molecule has 0 bridgehead atoms. The molecular weight excluding hydrogens is 282 g/mol. The number of halogens is 2. The molecule has 1 saturated carbocycles. The standard InChI is InChI=1S/C14H16F2N2O3/c15-11-9(4-7-17-12(11)16)13(21)18-14(8-10(19)20)5-2-1-3-6-14/h4,7H,1-3,5-6,8H2,(H,18,21)(H,19,20). The molecule has 5 nitrogen and oxygen atoms in total. The minimum absolute atomic E-state index is 0.228. The fraction of sp³-hybridized carbons (Fsp3) is 0.500. The Morgan fingerprint density at radius 2 is 1.95 bits per heavy atom. The lowest BCUT2D eigenvalue weighted by Gasteiger charge is -2.37. The summed E-state index contributed by atoms with van der Waals surface area (Å²) in [5.74, 6) is -4.51. The minimum Gasteiger partial charge on any atom is -0.481 e. The number of nitrogens with zero attached hydrogens (tertiary/aromatic N) is 1. The molecule has 2 N–H and O–H groups in total. The molecule has 0 unspecified atom stereocenters. The number of nitrogens with one attached hydrogen (secondary N) is 1. The number of hydrogen-bond donors (Lipinski definition) is 2. The average molecular weight is 298 g/mol. The van der Waals surface area contributed by atoms with Crippen LogP contribution in [-0.2, 0) is 4.79 Å². The molecule has 1 aromatic heterocycles. The van der Waals surface area contributed by atoms with Crippen molar-refractivity contribution in [3.8, 4) is 0 Å². The van der Waals surface area contributed by atoms with Gasteiger partial charge in [-0.05, 0) is 18.9 Å². The molecule has 0 spiro atoms. The van der Waals surface area contributed by atoms with Crippen molar-refractivity contribution in [3.05, 3.63) is 29.6 Å². The Labute approximate surface area is 120 Å². The molecule has 114 valence electrons. The third kappa shape index (κ3) is 3.53. The summed E-state index contributed by atoms with van der Waals surface area (Å²) in [7, 11) is 0. The first kappa shape index (κ1) is 15.3. The Hall–Kier alpha value is -2.05. The molecule has 7 heteroatoms. The lowest BCUT2D eigenvalue weighted by molar-refractivity contribution is -0.139. The molecule has 0 aromatic carbocycles. The molecule has 0 aliphatic heterocycles. The van der Waals surface area contributed by atoms with Crippen molar-refractivity contribution in [3.63, 3.8) is 0 Å². The summed E-state index contributed by atoms with van der Waals surface area (Å²) >= 11 is 0. The monoisotopic (exact) mass is 298 g/mol. The van der Waals surface area contributed by atoms with Gasteiger partial charge in [0.05, 0.1) is 17.5 Å². The Morgan fingerprint density at radius 1 is 1.29 bits per heavy atom. The van der Waals surface area contributed by atoms with E-state index in [-0.39, 0.29) is 6.42 Å². The largest absolute Gasteiger partial charge is 0.481 e. The molecule has 1 heterocycles. The van der Waals surface area contributed by atoms with Gasteiger partial charge in [-0.2, -0.15) is 4.39 Å². The van der Waals surface area contributed by atoms with Crippen molar-refractivity contribution in [1.29, 1.82) is 0 Å². The van der Waals surface area contributed by atoms with Crippen LogP contribution >= 0.6 is 0 Å². The second-order valence-electron chi connectivity index (χ2n) is 5.33. The first-order valence-electron chi connectivity index (χ1n) is 6.78. The highest BCUT2D eigenvalue weighted by atomic mass is 19.2. The third-order valence-electron chi connectivity index (χ3n) is 3.77. The number of carbonyl (C=O) groups is 2. The summed E-state index contributed by atoms with van der Waals surface area (Å²) in [4.78, 5) is 26.3. The van der Waals surface area contributed by atoms with Gasteiger partial charge in [0.25, 0.3) is 5.91 Å². The van der Waals surface area contributed by atoms with E-state index in [0.717, 1.165) is 31.5 Å². The quantitative estimate of drug-likeness (QED) is 0.836. The van der Waals surface area contributed by atoms with Crippen LogP contribution < -0.4 is 5.32 Å². The highest BCUT2D eigenvalue weighted by molar-refractivity contribution is 5.95. The maximum absolute atomic E-state index is 13.6. The second-order valence-corrected chi connectivity index (χ2v) is 5.33. The Balaban J connectivity index is 2.21. The average Bonchev–Trinajstić information content (AvgIpc) is 2.41. The number of rotatable bonds is 4. The van der Waals surface area contributed by atoms with Crippen molar-refractivity contribution < 1.29 is 23.5 Å². The first-order chi connectivity index (χ1) is 9.93. The molecule has 1 aliphatic carbocycles. The fourth-order valence-corrected chi connectivity index (χ4v) is 2.77. The van der Waals surface area contributed by atoms with Gasteiger partial charge in [-0.3, -0.25) is 9.59 Å². The van der Waals surface area contributed by atoms with Gasteiger partial charge in [-0.1, -0.05) is 19.3 Å². The number of carboxylic acid groups (broad SMARTS) is 1. The normalized spacial score (nSPS) is 17.2. The van der Waals surface area contributed by atoms with Crippen molar-refractivity contribution in [2.45, 2.75) is 44.1 Å². The second kappa shape index (κ2) is 6.15. The van der Waals surface area contributed by atoms with Gasteiger partial charge in [0, 0.05) is 6.20 Å². The van der Waals surface area contributed by atoms with Crippen LogP contribution in [0.4, 0.5) is 8.78 Å². The Kier molecular flexibility index (Phi) is 4.50. The van der Waals surface area contributed by atoms with E-state index in [4.69, 9.17) is 5.11 Å². The van der Waals surface area contributed by atoms with Crippen molar-refractivity contribution in [2.75, 3.05) is 0 Å². The van der Waals surface area contributed by atoms with Gasteiger partial charge < -0.3 is 10.4 Å². The van der Waals surface area contributed by atoms with Gasteiger partial charge in [-0.25, -0.2) is 9.37 Å². The topological polar surface area (TPSA) is 79.3 Å². The minimum atomic E-state index is -1.35. The Morgan fingerprint density at radius 3 is 2.57 bits per heavy atom. The molecule has 1 aromatic rings. The van der Waals surface area contributed by atoms with E-state index in [9.17, 15) is 18.4 Å². The maximum atomic E-state index is 13.6. The zero-order valence-electron chi connectivity index (χ0n) is 11.4. The first-order valence-corrected chi connectivity index (χ1v) is 6.78. The van der Waals surface area contributed by atoms with E-state index >= 15 is 0 Å². The van der Waals surface area contributed by atoms with E-state index in [1.165, 1.54) is 0 Å². The predicted octanol–water partition coefficient (Wildman–Crippen LogP) is 2.27. The molecule has 21 heavy (non-hydrogen) atoms. The van der Waals surface area contributed by atoms with E-state index in [0.29, 0.717) is 12.8 Å². The zero-order chi connectivity index (χ0) is 15.5. The number of aromatic nitrogens is 1. The fourth-order valence-electron chi connectivity index (χ4n) is 2.77. The van der Waals surface area contributed by atoms with Crippen molar-refractivity contribution in [2.24, 2.45) is 0 Å². The lowest BCUT2D eigenvalue weighted by atomic mass is 9.79. The highest BCUT2D eigenvalue weighted by Gasteiger charge is 2.36. The summed E-state index contributed by atoms with van der Waals surface area (Å²) in [5, 5.41) is 11.6. The molecule has 0 saturated heterocycles. The van der Waals surface area contributed by atoms with Crippen LogP contribution in [0.25, 0.3) is 0 Å². The van der Waals surface area contributed by atoms with Crippen LogP contribution in [0.5, 0.6) is 0 Å². The molecular formula is C14H16F2N2O3. The van der Waals surface area contributed by atoms with Crippen LogP contribution in [0.1, 0.15) is 48.9 Å². The van der Waals surface area contributed by atoms with Gasteiger partial charge >= 0.3 is 5.97 Å². The summed E-state index contributed by atoms with van der Waals surface area (Å²) in [6, 6.07) is 1.07. The summed E-state index contributed by atoms with van der Waals surface area (Å²) in [6.07, 6.45) is 4.35. The SMILES string of the molecule is O=C(O)CC1(NC(=O)c2ccnc(F)c2F)CCCCC1. The zero-order valence-corrected chi connectivity index (χ0v) is 11.4. The van der Waals surface area contributed by atoms with Crippen LogP contribution in [0, 0.1) is 11.8 Å². The summed E-state index contributed by atoms with van der Waals surface area (Å²) in [5.41, 5.74) is -1.36. The Bertz CT molecular complexity index is 557. The van der Waals surface area contributed by atoms with E-state index in [1.807, 2.05) is 0 Å². The number of amides is 1. The smallest absolute Gasteiger partial charge is 0.305 e.